The zero-order valence-electron chi connectivity index (χ0n) is 22.3. The molecule has 2 fully saturated rings. The first-order valence-electron chi connectivity index (χ1n) is 13.5. The molecule has 2 aliphatic rings. The normalized spacial score (nSPS) is 17.8. The van der Waals surface area contributed by atoms with Crippen LogP contribution in [0, 0.1) is 11.6 Å². The van der Waals surface area contributed by atoms with Gasteiger partial charge in [0.25, 0.3) is 5.91 Å². The highest BCUT2D eigenvalue weighted by molar-refractivity contribution is 7.80. The van der Waals surface area contributed by atoms with Crippen molar-refractivity contribution in [3.8, 4) is 0 Å². The maximum absolute atomic E-state index is 13.6. The second-order valence-electron chi connectivity index (χ2n) is 10.1. The number of thiocarbonyl (C=S) groups is 1. The summed E-state index contributed by atoms with van der Waals surface area (Å²) in [6.07, 6.45) is 0.645. The number of hydrogen-bond donors (Lipinski definition) is 1. The average Bonchev–Trinajstić information content (AvgIpc) is 3.19. The van der Waals surface area contributed by atoms with E-state index in [1.807, 2.05) is 0 Å². The third-order valence-corrected chi connectivity index (χ3v) is 8.02. The van der Waals surface area contributed by atoms with Crippen LogP contribution in [-0.2, 0) is 9.59 Å². The first-order chi connectivity index (χ1) is 19.8. The van der Waals surface area contributed by atoms with Crippen LogP contribution in [0.2, 0.25) is 5.02 Å². The summed E-state index contributed by atoms with van der Waals surface area (Å²) in [5, 5.41) is 3.67. The Labute approximate surface area is 248 Å². The van der Waals surface area contributed by atoms with E-state index in [0.29, 0.717) is 28.1 Å². The van der Waals surface area contributed by atoms with Crippen LogP contribution < -0.4 is 15.1 Å². The largest absolute Gasteiger partial charge is 0.369 e. The fraction of sp³-hybridized carbons (Fsp3) is 0.300. The quantitative estimate of drug-likeness (QED) is 0.344. The number of carbonyl (C=O) groups excluding carboxylic acids is 2. The number of halogens is 3. The van der Waals surface area contributed by atoms with Crippen molar-refractivity contribution < 1.29 is 18.4 Å². The molecule has 2 saturated heterocycles. The van der Waals surface area contributed by atoms with Crippen molar-refractivity contribution in [2.45, 2.75) is 18.9 Å². The molecule has 1 atom stereocenters. The van der Waals surface area contributed by atoms with Gasteiger partial charge in [0, 0.05) is 49.1 Å². The number of hydrogen-bond acceptors (Lipinski definition) is 5. The van der Waals surface area contributed by atoms with Crippen molar-refractivity contribution >= 4 is 57.8 Å². The number of rotatable bonds is 9. The lowest BCUT2D eigenvalue weighted by atomic mass is 10.1. The third kappa shape index (κ3) is 7.01. The zero-order chi connectivity index (χ0) is 28.9. The van der Waals surface area contributed by atoms with Gasteiger partial charge in [-0.3, -0.25) is 19.4 Å². The van der Waals surface area contributed by atoms with Crippen LogP contribution in [0.25, 0.3) is 0 Å². The van der Waals surface area contributed by atoms with Crippen LogP contribution in [0.1, 0.15) is 12.8 Å². The van der Waals surface area contributed by atoms with Crippen LogP contribution in [0.4, 0.5) is 25.8 Å². The SMILES string of the molecule is O=C(C[C@H]1C(=O)N(c2ccc(F)cc2)C(=S)N1CCCN1CCN(c2ccc(F)cc2)CC1)Nc1ccc(Cl)cc1. The summed E-state index contributed by atoms with van der Waals surface area (Å²) < 4.78 is 26.8. The van der Waals surface area contributed by atoms with E-state index in [9.17, 15) is 18.4 Å². The Kier molecular flexibility index (Phi) is 9.12. The number of benzene rings is 3. The zero-order valence-corrected chi connectivity index (χ0v) is 23.9. The maximum atomic E-state index is 13.6. The van der Waals surface area contributed by atoms with Crippen LogP contribution >= 0.6 is 23.8 Å². The molecule has 0 radical (unpaired) electrons. The Bertz CT molecular complexity index is 1380. The number of anilines is 3. The van der Waals surface area contributed by atoms with Gasteiger partial charge in [0.15, 0.2) is 5.11 Å². The Morgan fingerprint density at radius 2 is 1.44 bits per heavy atom. The number of nitrogens with zero attached hydrogens (tertiary/aromatic N) is 4. The van der Waals surface area contributed by atoms with Crippen LogP contribution in [0.3, 0.4) is 0 Å². The lowest BCUT2D eigenvalue weighted by Crippen LogP contribution is -2.47. The van der Waals surface area contributed by atoms with Gasteiger partial charge in [-0.1, -0.05) is 11.6 Å². The van der Waals surface area contributed by atoms with Gasteiger partial charge in [0.1, 0.15) is 17.7 Å². The monoisotopic (exact) mass is 597 g/mol. The molecule has 2 amide bonds. The van der Waals surface area contributed by atoms with Gasteiger partial charge in [-0.05, 0) is 98.0 Å². The summed E-state index contributed by atoms with van der Waals surface area (Å²) >= 11 is 11.7. The van der Waals surface area contributed by atoms with Gasteiger partial charge < -0.3 is 15.1 Å². The van der Waals surface area contributed by atoms with E-state index in [0.717, 1.165) is 44.8 Å². The van der Waals surface area contributed by atoms with E-state index in [1.54, 1.807) is 41.3 Å². The first kappa shape index (κ1) is 28.9. The standard InChI is InChI=1S/C30H30ClF2N5O2S/c31-21-2-8-24(9-3-21)34-28(39)20-27-29(40)38(26-12-6-23(33)7-13-26)30(41)37(27)15-1-14-35-16-18-36(19-17-35)25-10-4-22(32)5-11-25/h2-13,27H,1,14-20H2,(H,34,39)/t27-/m0/s1. The summed E-state index contributed by atoms with van der Waals surface area (Å²) in [4.78, 5) is 34.3. The molecule has 2 heterocycles. The number of carbonyl (C=O) groups is 2. The molecule has 11 heteroatoms. The van der Waals surface area contributed by atoms with E-state index >= 15 is 0 Å². The lowest BCUT2D eigenvalue weighted by Gasteiger charge is -2.36. The smallest absolute Gasteiger partial charge is 0.256 e. The Morgan fingerprint density at radius 3 is 2.05 bits per heavy atom. The molecule has 3 aromatic rings. The Hall–Kier alpha value is -3.60. The summed E-state index contributed by atoms with van der Waals surface area (Å²) in [6, 6.07) is 18.1. The third-order valence-electron chi connectivity index (χ3n) is 7.35. The summed E-state index contributed by atoms with van der Waals surface area (Å²) in [5.41, 5.74) is 2.05. The average molecular weight is 598 g/mol. The van der Waals surface area contributed by atoms with E-state index in [4.69, 9.17) is 23.8 Å². The molecule has 1 N–H and O–H groups in total. The molecule has 0 spiro atoms. The molecule has 0 saturated carbocycles. The molecule has 214 valence electrons. The van der Waals surface area contributed by atoms with Gasteiger partial charge in [-0.2, -0.15) is 0 Å². The molecular weight excluding hydrogens is 568 g/mol. The molecule has 41 heavy (non-hydrogen) atoms. The van der Waals surface area contributed by atoms with Crippen molar-refractivity contribution in [1.29, 1.82) is 0 Å². The van der Waals surface area contributed by atoms with Gasteiger partial charge in [-0.15, -0.1) is 0 Å². The molecular formula is C30H30ClF2N5O2S. The molecule has 0 unspecified atom stereocenters. The minimum absolute atomic E-state index is 0.0877. The molecule has 0 aromatic heterocycles. The second-order valence-corrected chi connectivity index (χ2v) is 10.9. The predicted molar refractivity (Wildman–Crippen MR) is 161 cm³/mol. The highest BCUT2D eigenvalue weighted by Gasteiger charge is 2.44. The van der Waals surface area contributed by atoms with Crippen LogP contribution in [0.15, 0.2) is 72.8 Å². The lowest BCUT2D eigenvalue weighted by molar-refractivity contribution is -0.124. The molecule has 7 nitrogen and oxygen atoms in total. The maximum Gasteiger partial charge on any atom is 0.256 e. The van der Waals surface area contributed by atoms with Crippen molar-refractivity contribution in [2.24, 2.45) is 0 Å². The van der Waals surface area contributed by atoms with E-state index in [-0.39, 0.29) is 24.1 Å². The molecule has 3 aromatic carbocycles. The van der Waals surface area contributed by atoms with E-state index in [2.05, 4.69) is 15.1 Å². The predicted octanol–water partition coefficient (Wildman–Crippen LogP) is 5.16. The van der Waals surface area contributed by atoms with Crippen molar-refractivity contribution in [1.82, 2.24) is 9.80 Å². The minimum Gasteiger partial charge on any atom is -0.369 e. The molecule has 0 aliphatic carbocycles. The summed E-state index contributed by atoms with van der Waals surface area (Å²) in [5.74, 6) is -1.30. The fourth-order valence-corrected chi connectivity index (χ4v) is 5.72. The summed E-state index contributed by atoms with van der Waals surface area (Å²) in [6.45, 7) is 4.66. The minimum atomic E-state index is -0.782. The highest BCUT2D eigenvalue weighted by Crippen LogP contribution is 2.28. The second kappa shape index (κ2) is 12.9. The first-order valence-corrected chi connectivity index (χ1v) is 14.3. The molecule has 0 bridgehead atoms. The highest BCUT2D eigenvalue weighted by atomic mass is 35.5. The van der Waals surface area contributed by atoms with Crippen LogP contribution in [-0.4, -0.2) is 72.0 Å². The van der Waals surface area contributed by atoms with E-state index in [1.165, 1.54) is 41.3 Å². The summed E-state index contributed by atoms with van der Waals surface area (Å²) in [7, 11) is 0. The Balaban J connectivity index is 1.22. The number of amides is 2. The van der Waals surface area contributed by atoms with Crippen molar-refractivity contribution in [3.05, 3.63) is 89.5 Å². The van der Waals surface area contributed by atoms with Gasteiger partial charge >= 0.3 is 0 Å². The number of nitrogens with one attached hydrogen (secondary N) is 1. The van der Waals surface area contributed by atoms with Gasteiger partial charge in [0.2, 0.25) is 5.91 Å². The molecule has 2 aliphatic heterocycles. The van der Waals surface area contributed by atoms with Crippen LogP contribution in [0.5, 0.6) is 0 Å². The van der Waals surface area contributed by atoms with Crippen molar-refractivity contribution in [3.63, 3.8) is 0 Å². The topological polar surface area (TPSA) is 59.1 Å². The molecule has 5 rings (SSSR count). The van der Waals surface area contributed by atoms with Gasteiger partial charge in [0.05, 0.1) is 12.1 Å². The fourth-order valence-electron chi connectivity index (χ4n) is 5.18. The van der Waals surface area contributed by atoms with Crippen molar-refractivity contribution in [2.75, 3.05) is 54.4 Å². The number of piperazine rings is 1. The Morgan fingerprint density at radius 1 is 0.854 bits per heavy atom. The van der Waals surface area contributed by atoms with E-state index < -0.39 is 11.9 Å². The van der Waals surface area contributed by atoms with Gasteiger partial charge in [-0.25, -0.2) is 8.78 Å².